The molecule has 1 fully saturated rings. The highest BCUT2D eigenvalue weighted by molar-refractivity contribution is 9.09. The molecule has 2 nitrogen and oxygen atoms in total. The van der Waals surface area contributed by atoms with E-state index in [-0.39, 0.29) is 5.91 Å². The number of carbonyl (C=O) groups excluding carboxylic acids is 1. The molecule has 0 aromatic heterocycles. The van der Waals surface area contributed by atoms with E-state index in [0.29, 0.717) is 11.2 Å². The van der Waals surface area contributed by atoms with Crippen LogP contribution in [0, 0.1) is 0 Å². The smallest absolute Gasteiger partial charge is 0.221 e. The molecule has 1 rings (SSSR count). The number of hydrogen-bond donors (Lipinski definition) is 1. The average Bonchev–Trinajstić information content (AvgIpc) is 1.87. The lowest BCUT2D eigenvalue weighted by Gasteiger charge is -1.86. The Kier molecular flexibility index (Phi) is 1.32. The van der Waals surface area contributed by atoms with E-state index >= 15 is 0 Å². The van der Waals surface area contributed by atoms with E-state index in [2.05, 4.69) is 21.2 Å². The Labute approximate surface area is 50.4 Å². The van der Waals surface area contributed by atoms with E-state index in [1.54, 1.807) is 0 Å². The first-order chi connectivity index (χ1) is 3.29. The lowest BCUT2D eigenvalue weighted by molar-refractivity contribution is -0.119. The quantitative estimate of drug-likeness (QED) is 0.511. The van der Waals surface area contributed by atoms with Gasteiger partial charge in [-0.05, 0) is 0 Å². The second-order valence-electron chi connectivity index (χ2n) is 1.61. The maximum atomic E-state index is 10.3. The molecule has 1 atom stereocenters. The molecule has 0 saturated carbocycles. The summed E-state index contributed by atoms with van der Waals surface area (Å²) in [7, 11) is 0. The van der Waals surface area contributed by atoms with E-state index in [4.69, 9.17) is 0 Å². The van der Waals surface area contributed by atoms with Gasteiger partial charge in [-0.2, -0.15) is 0 Å². The molecular formula is C4H6BrNO. The summed E-state index contributed by atoms with van der Waals surface area (Å²) in [6.45, 7) is 0.791. The zero-order valence-electron chi connectivity index (χ0n) is 3.78. The number of amides is 1. The van der Waals surface area contributed by atoms with Gasteiger partial charge in [-0.25, -0.2) is 0 Å². The van der Waals surface area contributed by atoms with Gasteiger partial charge >= 0.3 is 0 Å². The van der Waals surface area contributed by atoms with Crippen LogP contribution in [0.4, 0.5) is 0 Å². The van der Waals surface area contributed by atoms with Gasteiger partial charge in [0.05, 0.1) is 0 Å². The summed E-state index contributed by atoms with van der Waals surface area (Å²) in [6.07, 6.45) is 0.639. The summed E-state index contributed by atoms with van der Waals surface area (Å²) in [4.78, 5) is 10.7. The highest BCUT2D eigenvalue weighted by Gasteiger charge is 2.17. The Morgan fingerprint density at radius 2 is 2.57 bits per heavy atom. The van der Waals surface area contributed by atoms with E-state index in [0.717, 1.165) is 6.54 Å². The lowest BCUT2D eigenvalue weighted by Crippen LogP contribution is -2.13. The van der Waals surface area contributed by atoms with Crippen LogP contribution in [0.2, 0.25) is 0 Å². The first-order valence-corrected chi connectivity index (χ1v) is 3.11. The minimum atomic E-state index is 0.155. The number of hydrogen-bond acceptors (Lipinski definition) is 1. The van der Waals surface area contributed by atoms with Crippen molar-refractivity contribution in [3.63, 3.8) is 0 Å². The SMILES string of the molecule is O=C1CC(Br)CN1. The number of carbonyl (C=O) groups is 1. The van der Waals surface area contributed by atoms with Gasteiger partial charge in [-0.15, -0.1) is 0 Å². The first-order valence-electron chi connectivity index (χ1n) is 2.20. The molecule has 1 aliphatic rings. The second kappa shape index (κ2) is 1.82. The molecule has 40 valence electrons. The van der Waals surface area contributed by atoms with Gasteiger partial charge in [0.25, 0.3) is 0 Å². The van der Waals surface area contributed by atoms with Crippen molar-refractivity contribution in [2.24, 2.45) is 0 Å². The molecule has 0 aromatic carbocycles. The fourth-order valence-electron chi connectivity index (χ4n) is 0.570. The summed E-state index contributed by atoms with van der Waals surface area (Å²) in [6, 6.07) is 0. The van der Waals surface area contributed by atoms with Gasteiger partial charge < -0.3 is 5.32 Å². The summed E-state index contributed by atoms with van der Waals surface area (Å²) in [5.74, 6) is 0.155. The van der Waals surface area contributed by atoms with Gasteiger partial charge in [-0.3, -0.25) is 4.79 Å². The number of halogens is 1. The fraction of sp³-hybridized carbons (Fsp3) is 0.750. The maximum absolute atomic E-state index is 10.3. The summed E-state index contributed by atoms with van der Waals surface area (Å²) >= 11 is 3.30. The van der Waals surface area contributed by atoms with E-state index < -0.39 is 0 Å². The molecule has 0 radical (unpaired) electrons. The topological polar surface area (TPSA) is 29.1 Å². The normalized spacial score (nSPS) is 30.4. The Hall–Kier alpha value is -0.0500. The third-order valence-corrected chi connectivity index (χ3v) is 1.58. The molecule has 1 N–H and O–H groups in total. The molecule has 0 bridgehead atoms. The van der Waals surface area contributed by atoms with Crippen LogP contribution >= 0.6 is 15.9 Å². The van der Waals surface area contributed by atoms with Crippen molar-refractivity contribution in [2.75, 3.05) is 6.54 Å². The van der Waals surface area contributed by atoms with Crippen LogP contribution in [0.15, 0.2) is 0 Å². The average molecular weight is 164 g/mol. The van der Waals surface area contributed by atoms with E-state index in [1.165, 1.54) is 0 Å². The summed E-state index contributed by atoms with van der Waals surface area (Å²) in [5.41, 5.74) is 0. The minimum absolute atomic E-state index is 0.155. The van der Waals surface area contributed by atoms with Crippen molar-refractivity contribution in [1.82, 2.24) is 5.32 Å². The standard InChI is InChI=1S/C4H6BrNO/c5-3-1-4(7)6-2-3/h3H,1-2H2,(H,6,7). The van der Waals surface area contributed by atoms with Crippen molar-refractivity contribution < 1.29 is 4.79 Å². The van der Waals surface area contributed by atoms with E-state index in [1.807, 2.05) is 0 Å². The van der Waals surface area contributed by atoms with Gasteiger partial charge in [-0.1, -0.05) is 15.9 Å². The van der Waals surface area contributed by atoms with Crippen molar-refractivity contribution >= 4 is 21.8 Å². The molecule has 1 heterocycles. The monoisotopic (exact) mass is 163 g/mol. The Bertz CT molecular complexity index is 93.7. The molecule has 1 unspecified atom stereocenters. The molecule has 7 heavy (non-hydrogen) atoms. The van der Waals surface area contributed by atoms with Crippen LogP contribution in [-0.2, 0) is 4.79 Å². The lowest BCUT2D eigenvalue weighted by atomic mass is 10.4. The number of rotatable bonds is 0. The number of alkyl halides is 1. The second-order valence-corrected chi connectivity index (χ2v) is 2.90. The third kappa shape index (κ3) is 1.16. The highest BCUT2D eigenvalue weighted by atomic mass is 79.9. The fourth-order valence-corrected chi connectivity index (χ4v) is 1.03. The summed E-state index contributed by atoms with van der Waals surface area (Å²) < 4.78 is 0. The van der Waals surface area contributed by atoms with Crippen LogP contribution in [0.25, 0.3) is 0 Å². The Balaban J connectivity index is 2.40. The van der Waals surface area contributed by atoms with Crippen molar-refractivity contribution in [2.45, 2.75) is 11.2 Å². The van der Waals surface area contributed by atoms with Gasteiger partial charge in [0.2, 0.25) is 5.91 Å². The zero-order chi connectivity index (χ0) is 5.28. The predicted molar refractivity (Wildman–Crippen MR) is 30.3 cm³/mol. The molecule has 1 amide bonds. The maximum Gasteiger partial charge on any atom is 0.221 e. The molecule has 1 saturated heterocycles. The molecule has 0 spiro atoms. The van der Waals surface area contributed by atoms with Crippen LogP contribution in [0.5, 0.6) is 0 Å². The Morgan fingerprint density at radius 1 is 1.86 bits per heavy atom. The summed E-state index contributed by atoms with van der Waals surface area (Å²) in [5, 5.41) is 2.68. The van der Waals surface area contributed by atoms with Gasteiger partial charge in [0, 0.05) is 17.8 Å². The van der Waals surface area contributed by atoms with Crippen molar-refractivity contribution in [3.8, 4) is 0 Å². The van der Waals surface area contributed by atoms with Crippen LogP contribution in [0.3, 0.4) is 0 Å². The van der Waals surface area contributed by atoms with Crippen LogP contribution in [-0.4, -0.2) is 17.3 Å². The molecule has 0 aliphatic carbocycles. The van der Waals surface area contributed by atoms with Gasteiger partial charge in [0.1, 0.15) is 0 Å². The third-order valence-electron chi connectivity index (χ3n) is 0.928. The largest absolute Gasteiger partial charge is 0.355 e. The minimum Gasteiger partial charge on any atom is -0.355 e. The van der Waals surface area contributed by atoms with Crippen molar-refractivity contribution in [3.05, 3.63) is 0 Å². The predicted octanol–water partition coefficient (Wildman–Crippen LogP) is 0.270. The Morgan fingerprint density at radius 3 is 2.71 bits per heavy atom. The zero-order valence-corrected chi connectivity index (χ0v) is 5.36. The highest BCUT2D eigenvalue weighted by Crippen LogP contribution is 2.08. The molecule has 3 heteroatoms. The van der Waals surface area contributed by atoms with Gasteiger partial charge in [0.15, 0.2) is 0 Å². The molecule has 1 aliphatic heterocycles. The van der Waals surface area contributed by atoms with E-state index in [9.17, 15) is 4.79 Å². The number of nitrogens with one attached hydrogen (secondary N) is 1. The first kappa shape index (κ1) is 5.09. The van der Waals surface area contributed by atoms with Crippen LogP contribution < -0.4 is 5.32 Å². The molecular weight excluding hydrogens is 158 g/mol. The van der Waals surface area contributed by atoms with Crippen LogP contribution in [0.1, 0.15) is 6.42 Å². The molecule has 0 aromatic rings. The van der Waals surface area contributed by atoms with Crippen molar-refractivity contribution in [1.29, 1.82) is 0 Å².